The molecule has 0 saturated carbocycles. The maximum Gasteiger partial charge on any atom is 0.233 e. The van der Waals surface area contributed by atoms with E-state index in [9.17, 15) is 4.79 Å². The molecule has 0 radical (unpaired) electrons. The van der Waals surface area contributed by atoms with E-state index in [1.807, 2.05) is 43.3 Å². The molecule has 1 saturated heterocycles. The third-order valence-corrected chi connectivity index (χ3v) is 6.89. The lowest BCUT2D eigenvalue weighted by atomic mass is 9.74. The molecule has 0 aromatic heterocycles. The van der Waals surface area contributed by atoms with E-state index >= 15 is 0 Å². The van der Waals surface area contributed by atoms with Crippen molar-refractivity contribution in [1.82, 2.24) is 5.32 Å². The Hall–Kier alpha value is -1.20. The van der Waals surface area contributed by atoms with Crippen molar-refractivity contribution in [1.29, 1.82) is 0 Å². The minimum Gasteiger partial charge on any atom is -0.381 e. The van der Waals surface area contributed by atoms with Crippen molar-refractivity contribution >= 4 is 40.9 Å². The van der Waals surface area contributed by atoms with Gasteiger partial charge in [-0.3, -0.25) is 4.79 Å². The standard InChI is InChI=1S/C21H23Cl2NO2S/c1-15(27-19-5-3-2-4-18(19)23)20(25)24-14-21(10-12-26-13-11-21)16-6-8-17(22)9-7-16/h2-9,15H,10-14H2,1H3,(H,24,25). The second kappa shape index (κ2) is 9.33. The van der Waals surface area contributed by atoms with E-state index in [0.717, 1.165) is 22.8 Å². The predicted octanol–water partition coefficient (Wildman–Crippen LogP) is 5.34. The molecule has 0 spiro atoms. The van der Waals surface area contributed by atoms with Crippen LogP contribution in [0.25, 0.3) is 0 Å². The summed E-state index contributed by atoms with van der Waals surface area (Å²) in [5.41, 5.74) is 1.08. The Labute approximate surface area is 174 Å². The van der Waals surface area contributed by atoms with Crippen LogP contribution in [0.4, 0.5) is 0 Å². The Balaban J connectivity index is 1.67. The smallest absolute Gasteiger partial charge is 0.233 e. The zero-order valence-corrected chi connectivity index (χ0v) is 17.5. The average Bonchev–Trinajstić information content (AvgIpc) is 2.69. The molecule has 1 heterocycles. The third-order valence-electron chi connectivity index (χ3n) is 5.02. The summed E-state index contributed by atoms with van der Waals surface area (Å²) in [6.45, 7) is 3.89. The zero-order chi connectivity index (χ0) is 19.3. The summed E-state index contributed by atoms with van der Waals surface area (Å²) in [5.74, 6) is 0.0137. The van der Waals surface area contributed by atoms with Crippen LogP contribution in [0.15, 0.2) is 53.4 Å². The van der Waals surface area contributed by atoms with E-state index in [1.54, 1.807) is 0 Å². The first kappa shape index (κ1) is 20.5. The molecule has 1 aliphatic rings. The lowest BCUT2D eigenvalue weighted by Crippen LogP contribution is -2.46. The maximum absolute atomic E-state index is 12.7. The van der Waals surface area contributed by atoms with Crippen LogP contribution in [0.1, 0.15) is 25.3 Å². The topological polar surface area (TPSA) is 38.3 Å². The highest BCUT2D eigenvalue weighted by molar-refractivity contribution is 8.00. The first-order valence-corrected chi connectivity index (χ1v) is 10.7. The molecule has 27 heavy (non-hydrogen) atoms. The van der Waals surface area contributed by atoms with Crippen LogP contribution in [0.2, 0.25) is 10.0 Å². The highest BCUT2D eigenvalue weighted by Crippen LogP contribution is 2.35. The van der Waals surface area contributed by atoms with Gasteiger partial charge in [-0.1, -0.05) is 47.5 Å². The molecule has 1 aliphatic heterocycles. The average molecular weight is 424 g/mol. The summed E-state index contributed by atoms with van der Waals surface area (Å²) in [6.07, 6.45) is 1.75. The fraction of sp³-hybridized carbons (Fsp3) is 0.381. The number of hydrogen-bond donors (Lipinski definition) is 1. The largest absolute Gasteiger partial charge is 0.381 e. The first-order valence-electron chi connectivity index (χ1n) is 9.03. The molecule has 1 N–H and O–H groups in total. The summed E-state index contributed by atoms with van der Waals surface area (Å²) >= 11 is 13.7. The van der Waals surface area contributed by atoms with Gasteiger partial charge in [0.1, 0.15) is 0 Å². The molecular formula is C21H23Cl2NO2S. The Kier molecular flexibility index (Phi) is 7.10. The number of amides is 1. The summed E-state index contributed by atoms with van der Waals surface area (Å²) in [4.78, 5) is 13.6. The third kappa shape index (κ3) is 5.20. The number of hydrogen-bond acceptors (Lipinski definition) is 3. The van der Waals surface area contributed by atoms with Gasteiger partial charge in [0.25, 0.3) is 0 Å². The first-order chi connectivity index (χ1) is 13.0. The van der Waals surface area contributed by atoms with Gasteiger partial charge in [0.2, 0.25) is 5.91 Å². The second-order valence-corrected chi connectivity index (χ2v) is 9.03. The number of carbonyl (C=O) groups is 1. The molecule has 3 rings (SSSR count). The fourth-order valence-electron chi connectivity index (χ4n) is 3.32. The van der Waals surface area contributed by atoms with E-state index in [2.05, 4.69) is 17.4 Å². The van der Waals surface area contributed by atoms with E-state index in [1.165, 1.54) is 17.3 Å². The summed E-state index contributed by atoms with van der Waals surface area (Å²) in [5, 5.41) is 4.31. The van der Waals surface area contributed by atoms with Gasteiger partial charge in [-0.2, -0.15) is 0 Å². The van der Waals surface area contributed by atoms with Gasteiger partial charge >= 0.3 is 0 Å². The van der Waals surface area contributed by atoms with E-state index < -0.39 is 0 Å². The number of halogens is 2. The molecule has 0 bridgehead atoms. The highest BCUT2D eigenvalue weighted by atomic mass is 35.5. The molecule has 2 aromatic carbocycles. The van der Waals surface area contributed by atoms with Gasteiger partial charge < -0.3 is 10.1 Å². The monoisotopic (exact) mass is 423 g/mol. The van der Waals surface area contributed by atoms with Gasteiger partial charge in [0.05, 0.1) is 10.3 Å². The van der Waals surface area contributed by atoms with Crippen LogP contribution >= 0.6 is 35.0 Å². The van der Waals surface area contributed by atoms with Gasteiger partial charge in [-0.25, -0.2) is 0 Å². The molecule has 1 atom stereocenters. The predicted molar refractivity (Wildman–Crippen MR) is 113 cm³/mol. The highest BCUT2D eigenvalue weighted by Gasteiger charge is 2.35. The molecule has 6 heteroatoms. The van der Waals surface area contributed by atoms with Crippen molar-refractivity contribution in [3.05, 3.63) is 64.1 Å². The molecule has 1 fully saturated rings. The van der Waals surface area contributed by atoms with Crippen LogP contribution in [0.5, 0.6) is 0 Å². The zero-order valence-electron chi connectivity index (χ0n) is 15.2. The van der Waals surface area contributed by atoms with Crippen molar-refractivity contribution in [3.63, 3.8) is 0 Å². The Morgan fingerprint density at radius 3 is 2.48 bits per heavy atom. The van der Waals surface area contributed by atoms with Gasteiger partial charge in [0.15, 0.2) is 0 Å². The van der Waals surface area contributed by atoms with Crippen LogP contribution in [-0.4, -0.2) is 30.9 Å². The SMILES string of the molecule is CC(Sc1ccccc1Cl)C(=O)NCC1(c2ccc(Cl)cc2)CCOCC1. The number of nitrogens with one attached hydrogen (secondary N) is 1. The Morgan fingerprint density at radius 2 is 1.81 bits per heavy atom. The lowest BCUT2D eigenvalue weighted by molar-refractivity contribution is -0.120. The molecule has 1 unspecified atom stereocenters. The van der Waals surface area contributed by atoms with Crippen LogP contribution in [0, 0.1) is 0 Å². The summed E-state index contributed by atoms with van der Waals surface area (Å²) in [7, 11) is 0. The van der Waals surface area contributed by atoms with Gasteiger partial charge in [-0.15, -0.1) is 11.8 Å². The Morgan fingerprint density at radius 1 is 1.15 bits per heavy atom. The molecule has 3 nitrogen and oxygen atoms in total. The normalized spacial score (nSPS) is 17.3. The van der Waals surface area contributed by atoms with Crippen LogP contribution < -0.4 is 5.32 Å². The van der Waals surface area contributed by atoms with Gasteiger partial charge in [-0.05, 0) is 49.6 Å². The number of benzene rings is 2. The Bertz CT molecular complexity index is 776. The van der Waals surface area contributed by atoms with Crippen molar-refractivity contribution in [2.75, 3.05) is 19.8 Å². The number of ether oxygens (including phenoxy) is 1. The number of thioether (sulfide) groups is 1. The van der Waals surface area contributed by atoms with Crippen molar-refractivity contribution < 1.29 is 9.53 Å². The molecule has 0 aliphatic carbocycles. The maximum atomic E-state index is 12.7. The molecule has 2 aromatic rings. The number of carbonyl (C=O) groups excluding carboxylic acids is 1. The van der Waals surface area contributed by atoms with E-state index in [-0.39, 0.29) is 16.6 Å². The molecule has 1 amide bonds. The fourth-order valence-corrected chi connectivity index (χ4v) is 4.62. The quantitative estimate of drug-likeness (QED) is 0.637. The van der Waals surface area contributed by atoms with Crippen molar-refractivity contribution in [2.45, 2.75) is 35.3 Å². The second-order valence-electron chi connectivity index (χ2n) is 6.81. The minimum atomic E-state index is -0.230. The number of rotatable bonds is 6. The van der Waals surface area contributed by atoms with Crippen molar-refractivity contribution in [3.8, 4) is 0 Å². The lowest BCUT2D eigenvalue weighted by Gasteiger charge is -2.38. The van der Waals surface area contributed by atoms with E-state index in [0.29, 0.717) is 24.8 Å². The summed E-state index contributed by atoms with van der Waals surface area (Å²) in [6, 6.07) is 15.5. The van der Waals surface area contributed by atoms with Crippen LogP contribution in [-0.2, 0) is 14.9 Å². The summed E-state index contributed by atoms with van der Waals surface area (Å²) < 4.78 is 5.56. The van der Waals surface area contributed by atoms with E-state index in [4.69, 9.17) is 27.9 Å². The van der Waals surface area contributed by atoms with Gasteiger partial charge in [0, 0.05) is 35.1 Å². The minimum absolute atomic E-state index is 0.0137. The van der Waals surface area contributed by atoms with Crippen LogP contribution in [0.3, 0.4) is 0 Å². The van der Waals surface area contributed by atoms with Crippen molar-refractivity contribution in [2.24, 2.45) is 0 Å². The molecular weight excluding hydrogens is 401 g/mol. The molecule has 144 valence electrons.